The molecule has 2 aromatic rings. The van der Waals surface area contributed by atoms with Crippen LogP contribution in [0.1, 0.15) is 35.7 Å². The van der Waals surface area contributed by atoms with Crippen molar-refractivity contribution >= 4 is 15.9 Å². The molecule has 2 aromatic carbocycles. The fourth-order valence-electron chi connectivity index (χ4n) is 2.13. The van der Waals surface area contributed by atoms with Crippen molar-refractivity contribution in [2.45, 2.75) is 31.2 Å². The first-order valence-electron chi connectivity index (χ1n) is 8.05. The molecule has 0 fully saturated rings. The molecule has 5 nitrogen and oxygen atoms in total. The summed E-state index contributed by atoms with van der Waals surface area (Å²) >= 11 is 0. The van der Waals surface area contributed by atoms with E-state index in [1.54, 1.807) is 24.3 Å². The normalized spacial score (nSPS) is 11.3. The molecular formula is C18H21FN2O3S. The van der Waals surface area contributed by atoms with E-state index >= 15 is 0 Å². The average Bonchev–Trinajstić information content (AvgIpc) is 2.61. The summed E-state index contributed by atoms with van der Waals surface area (Å²) in [7, 11) is -3.71. The monoisotopic (exact) mass is 364 g/mol. The molecule has 134 valence electrons. The average molecular weight is 364 g/mol. The predicted molar refractivity (Wildman–Crippen MR) is 94.1 cm³/mol. The van der Waals surface area contributed by atoms with Gasteiger partial charge in [-0.25, -0.2) is 17.5 Å². The van der Waals surface area contributed by atoms with Gasteiger partial charge in [-0.05, 0) is 48.4 Å². The van der Waals surface area contributed by atoms with Crippen molar-refractivity contribution in [1.82, 2.24) is 10.0 Å². The number of amides is 1. The van der Waals surface area contributed by atoms with Gasteiger partial charge >= 0.3 is 0 Å². The standard InChI is InChI=1S/C18H21FN2O3S/c1-2-3-12-20-18(22)15-6-4-14(5-7-15)13-21-25(23,24)17-10-8-16(19)9-11-17/h4-11,21H,2-3,12-13H2,1H3,(H,20,22). The van der Waals surface area contributed by atoms with Crippen LogP contribution in [0.4, 0.5) is 4.39 Å². The summed E-state index contributed by atoms with van der Waals surface area (Å²) < 4.78 is 39.6. The molecule has 0 unspecified atom stereocenters. The molecule has 1 amide bonds. The van der Waals surface area contributed by atoms with Crippen LogP contribution in [0.3, 0.4) is 0 Å². The lowest BCUT2D eigenvalue weighted by Crippen LogP contribution is -2.25. The minimum Gasteiger partial charge on any atom is -0.352 e. The van der Waals surface area contributed by atoms with Crippen molar-refractivity contribution in [2.24, 2.45) is 0 Å². The van der Waals surface area contributed by atoms with Gasteiger partial charge in [-0.2, -0.15) is 0 Å². The quantitative estimate of drug-likeness (QED) is 0.707. The van der Waals surface area contributed by atoms with E-state index in [9.17, 15) is 17.6 Å². The smallest absolute Gasteiger partial charge is 0.251 e. The van der Waals surface area contributed by atoms with Crippen LogP contribution in [-0.2, 0) is 16.6 Å². The van der Waals surface area contributed by atoms with Crippen molar-refractivity contribution in [3.05, 3.63) is 65.5 Å². The second kappa shape index (κ2) is 8.73. The first-order chi connectivity index (χ1) is 11.9. The third-order valence-electron chi connectivity index (χ3n) is 3.62. The molecule has 0 atom stereocenters. The Bertz CT molecular complexity index is 803. The van der Waals surface area contributed by atoms with Gasteiger partial charge < -0.3 is 5.32 Å². The molecule has 0 spiro atoms. The van der Waals surface area contributed by atoms with Crippen molar-refractivity contribution in [2.75, 3.05) is 6.54 Å². The number of unbranched alkanes of at least 4 members (excludes halogenated alkanes) is 1. The molecule has 0 heterocycles. The molecule has 25 heavy (non-hydrogen) atoms. The van der Waals surface area contributed by atoms with E-state index in [1.165, 1.54) is 12.1 Å². The van der Waals surface area contributed by atoms with Gasteiger partial charge in [0.05, 0.1) is 4.90 Å². The number of nitrogens with one attached hydrogen (secondary N) is 2. The van der Waals surface area contributed by atoms with Crippen LogP contribution in [0.2, 0.25) is 0 Å². The molecule has 7 heteroatoms. The largest absolute Gasteiger partial charge is 0.352 e. The number of rotatable bonds is 8. The maximum atomic E-state index is 12.9. The highest BCUT2D eigenvalue weighted by Gasteiger charge is 2.13. The fraction of sp³-hybridized carbons (Fsp3) is 0.278. The molecular weight excluding hydrogens is 343 g/mol. The van der Waals surface area contributed by atoms with Crippen molar-refractivity contribution in [3.8, 4) is 0 Å². The Labute approximate surface area is 147 Å². The topological polar surface area (TPSA) is 75.3 Å². The molecule has 0 aliphatic carbocycles. The summed E-state index contributed by atoms with van der Waals surface area (Å²) in [5.41, 5.74) is 1.25. The third kappa shape index (κ3) is 5.65. The number of carbonyl (C=O) groups excluding carboxylic acids is 1. The second-order valence-electron chi connectivity index (χ2n) is 5.58. The molecule has 0 saturated carbocycles. The Balaban J connectivity index is 1.95. The van der Waals surface area contributed by atoms with Gasteiger partial charge in [0.2, 0.25) is 10.0 Å². The highest BCUT2D eigenvalue weighted by molar-refractivity contribution is 7.89. The molecule has 0 aromatic heterocycles. The molecule has 0 aliphatic rings. The van der Waals surface area contributed by atoms with Crippen LogP contribution in [-0.4, -0.2) is 20.9 Å². The number of hydrogen-bond donors (Lipinski definition) is 2. The Morgan fingerprint density at radius 1 is 1.04 bits per heavy atom. The van der Waals surface area contributed by atoms with E-state index in [0.717, 1.165) is 30.5 Å². The van der Waals surface area contributed by atoms with E-state index < -0.39 is 15.8 Å². The summed E-state index contributed by atoms with van der Waals surface area (Å²) in [5.74, 6) is -0.640. The minimum absolute atomic E-state index is 0.000761. The Morgan fingerprint density at radius 2 is 1.68 bits per heavy atom. The summed E-state index contributed by atoms with van der Waals surface area (Å²) in [6, 6.07) is 11.3. The first-order valence-corrected chi connectivity index (χ1v) is 9.53. The lowest BCUT2D eigenvalue weighted by molar-refractivity contribution is 0.0953. The number of carbonyl (C=O) groups is 1. The van der Waals surface area contributed by atoms with E-state index in [0.29, 0.717) is 12.1 Å². The number of benzene rings is 2. The lowest BCUT2D eigenvalue weighted by Gasteiger charge is -2.08. The van der Waals surface area contributed by atoms with Gasteiger partial charge in [-0.3, -0.25) is 4.79 Å². The van der Waals surface area contributed by atoms with Gasteiger partial charge in [-0.1, -0.05) is 25.5 Å². The van der Waals surface area contributed by atoms with Gasteiger partial charge in [0, 0.05) is 18.7 Å². The van der Waals surface area contributed by atoms with Gasteiger partial charge in [0.15, 0.2) is 0 Å². The van der Waals surface area contributed by atoms with Crippen LogP contribution in [0.15, 0.2) is 53.4 Å². The number of hydrogen-bond acceptors (Lipinski definition) is 3. The van der Waals surface area contributed by atoms with E-state index in [2.05, 4.69) is 10.0 Å². The molecule has 0 saturated heterocycles. The van der Waals surface area contributed by atoms with Crippen LogP contribution >= 0.6 is 0 Å². The fourth-order valence-corrected chi connectivity index (χ4v) is 3.15. The van der Waals surface area contributed by atoms with Crippen molar-refractivity contribution in [1.29, 1.82) is 0 Å². The Kier molecular flexibility index (Phi) is 6.66. The molecule has 0 bridgehead atoms. The van der Waals surface area contributed by atoms with Gasteiger partial charge in [-0.15, -0.1) is 0 Å². The van der Waals surface area contributed by atoms with Crippen LogP contribution in [0.5, 0.6) is 0 Å². The molecule has 0 aliphatic heterocycles. The maximum absolute atomic E-state index is 12.9. The lowest BCUT2D eigenvalue weighted by atomic mass is 10.1. The highest BCUT2D eigenvalue weighted by Crippen LogP contribution is 2.11. The van der Waals surface area contributed by atoms with Crippen LogP contribution < -0.4 is 10.0 Å². The van der Waals surface area contributed by atoms with Gasteiger partial charge in [0.25, 0.3) is 5.91 Å². The predicted octanol–water partition coefficient (Wildman–Crippen LogP) is 2.83. The van der Waals surface area contributed by atoms with E-state index in [1.807, 2.05) is 6.92 Å². The summed E-state index contributed by atoms with van der Waals surface area (Å²) in [5, 5.41) is 2.82. The van der Waals surface area contributed by atoms with Crippen LogP contribution in [0, 0.1) is 5.82 Å². The SMILES string of the molecule is CCCCNC(=O)c1ccc(CNS(=O)(=O)c2ccc(F)cc2)cc1. The first kappa shape index (κ1) is 19.1. The second-order valence-corrected chi connectivity index (χ2v) is 7.35. The summed E-state index contributed by atoms with van der Waals surface area (Å²) in [6.45, 7) is 2.76. The zero-order valence-corrected chi connectivity index (χ0v) is 14.8. The molecule has 0 radical (unpaired) electrons. The number of halogens is 1. The zero-order valence-electron chi connectivity index (χ0n) is 14.0. The van der Waals surface area contributed by atoms with E-state index in [4.69, 9.17) is 0 Å². The van der Waals surface area contributed by atoms with Gasteiger partial charge in [0.1, 0.15) is 5.82 Å². The Morgan fingerprint density at radius 3 is 2.28 bits per heavy atom. The molecule has 2 N–H and O–H groups in total. The van der Waals surface area contributed by atoms with Crippen LogP contribution in [0.25, 0.3) is 0 Å². The highest BCUT2D eigenvalue weighted by atomic mass is 32.2. The summed E-state index contributed by atoms with van der Waals surface area (Å²) in [6.07, 6.45) is 1.93. The van der Waals surface area contributed by atoms with Crippen molar-refractivity contribution < 1.29 is 17.6 Å². The summed E-state index contributed by atoms with van der Waals surface area (Å²) in [4.78, 5) is 11.9. The maximum Gasteiger partial charge on any atom is 0.251 e. The third-order valence-corrected chi connectivity index (χ3v) is 5.04. The Hall–Kier alpha value is -2.25. The molecule has 2 rings (SSSR count). The minimum atomic E-state index is -3.71. The number of sulfonamides is 1. The van der Waals surface area contributed by atoms with E-state index in [-0.39, 0.29) is 17.3 Å². The van der Waals surface area contributed by atoms with Crippen molar-refractivity contribution in [3.63, 3.8) is 0 Å². The zero-order chi connectivity index (χ0) is 18.3.